The molecule has 0 fully saturated rings. The monoisotopic (exact) mass is 1130 g/mol. The summed E-state index contributed by atoms with van der Waals surface area (Å²) in [4.78, 5) is 8.34. The number of fused-ring (bicyclic) bond motifs is 6. The Morgan fingerprint density at radius 3 is 1.15 bits per heavy atom. The lowest BCUT2D eigenvalue weighted by Gasteiger charge is -2.12. The molecule has 8 aromatic carbocycles. The average molecular weight is 1130 g/mol. The van der Waals surface area contributed by atoms with Crippen molar-refractivity contribution in [1.29, 1.82) is 0 Å². The number of benzene rings is 8. The molecule has 0 aromatic heterocycles. The number of azo groups is 2. The molecule has 80 heavy (non-hydrogen) atoms. The van der Waals surface area contributed by atoms with Gasteiger partial charge in [-0.1, -0.05) is 214 Å². The van der Waals surface area contributed by atoms with Crippen LogP contribution in [0.5, 0.6) is 11.5 Å². The summed E-state index contributed by atoms with van der Waals surface area (Å²) in [6.07, 6.45) is 0.927. The Balaban J connectivity index is 0.000000641. The molecular formula is C64H82N6O8S2. The molecule has 428 valence electrons. The van der Waals surface area contributed by atoms with Gasteiger partial charge in [0.25, 0.3) is 20.2 Å². The molecule has 0 saturated carbocycles. The number of phenols is 2. The first-order valence-electron chi connectivity index (χ1n) is 27.6. The summed E-state index contributed by atoms with van der Waals surface area (Å²) in [5.74, 6) is -0.734. The van der Waals surface area contributed by atoms with Crippen molar-refractivity contribution < 1.29 is 36.2 Å². The molecule has 4 N–H and O–H groups in total. The van der Waals surface area contributed by atoms with Crippen molar-refractivity contribution in [3.63, 3.8) is 0 Å². The third-order valence-corrected chi connectivity index (χ3v) is 12.4. The zero-order chi connectivity index (χ0) is 60.6. The van der Waals surface area contributed by atoms with E-state index in [2.05, 4.69) is 25.4 Å². The summed E-state index contributed by atoms with van der Waals surface area (Å²) in [7, 11) is -9.35. The van der Waals surface area contributed by atoms with Crippen LogP contribution in [0.2, 0.25) is 0 Å². The van der Waals surface area contributed by atoms with Gasteiger partial charge in [-0.3, -0.25) is 19.1 Å². The summed E-state index contributed by atoms with van der Waals surface area (Å²) >= 11 is 0. The molecule has 0 radical (unpaired) electrons. The second-order valence-electron chi connectivity index (χ2n) is 14.7. The van der Waals surface area contributed by atoms with E-state index in [0.717, 1.165) is 33.7 Å². The van der Waals surface area contributed by atoms with Crippen molar-refractivity contribution in [2.24, 2.45) is 30.4 Å². The van der Waals surface area contributed by atoms with Gasteiger partial charge in [0, 0.05) is 23.6 Å². The van der Waals surface area contributed by atoms with Crippen LogP contribution in [0.25, 0.3) is 21.5 Å². The van der Waals surface area contributed by atoms with Crippen LogP contribution < -0.4 is 0 Å². The lowest BCUT2D eigenvalue weighted by molar-refractivity contribution is 0.471. The van der Waals surface area contributed by atoms with Crippen molar-refractivity contribution in [2.75, 3.05) is 0 Å². The SMILES string of the molecule is CC.CC.CC.CC.CC.CC.CC.CC.O=S(=O)(O)c1cc2c3c(ccc2c(O)c1N=Nc1ccccc1)N=C(c1ccccc1)C3.O=S(=O)(O)c1cc2ccc3c(c2c(O)c1N=Nc1ccccc1)CC(c1ccccc1)=N3. The van der Waals surface area contributed by atoms with Gasteiger partial charge in [0.2, 0.25) is 0 Å². The van der Waals surface area contributed by atoms with E-state index in [9.17, 15) is 36.2 Å². The number of nitrogens with zero attached hydrogens (tertiary/aromatic N) is 6. The molecule has 14 nitrogen and oxygen atoms in total. The van der Waals surface area contributed by atoms with E-state index in [1.807, 2.05) is 184 Å². The topological polar surface area (TPSA) is 223 Å². The fourth-order valence-corrected chi connectivity index (χ4v) is 8.94. The zero-order valence-corrected chi connectivity index (χ0v) is 51.0. The second-order valence-corrected chi connectivity index (χ2v) is 17.5. The van der Waals surface area contributed by atoms with E-state index in [1.54, 1.807) is 72.8 Å². The van der Waals surface area contributed by atoms with Gasteiger partial charge < -0.3 is 10.2 Å². The van der Waals surface area contributed by atoms with E-state index >= 15 is 0 Å². The van der Waals surface area contributed by atoms with Gasteiger partial charge in [0.1, 0.15) is 21.2 Å². The highest BCUT2D eigenvalue weighted by Gasteiger charge is 2.28. The third-order valence-electron chi connectivity index (χ3n) is 10.6. The molecule has 2 aliphatic heterocycles. The van der Waals surface area contributed by atoms with Crippen LogP contribution in [-0.4, -0.2) is 47.6 Å². The standard InChI is InChI=1S/2C24H17N3O4S.8C2H6/c28-24-22-16(11-12-19-18(22)14-20(25-19)15-7-3-1-4-8-15)13-21(32(29,30)31)23(24)27-26-17-9-5-2-6-10-17;28-24-17-11-12-20-19(13-21(25-20)15-7-3-1-4-8-15)18(17)14-22(32(29,30)31)23(24)27-26-16-9-5-2-6-10-16;8*1-2/h1-13,28H,14H2,(H,29,30,31);1-12,14,28H,13H2,(H,29,30,31);8*1-2H3. The van der Waals surface area contributed by atoms with E-state index in [4.69, 9.17) is 4.99 Å². The number of rotatable bonds is 8. The molecular weight excluding hydrogens is 1040 g/mol. The predicted octanol–water partition coefficient (Wildman–Crippen LogP) is 20.0. The first-order chi connectivity index (χ1) is 38.8. The maximum Gasteiger partial charge on any atom is 0.296 e. The highest BCUT2D eigenvalue weighted by molar-refractivity contribution is 7.86. The minimum atomic E-state index is -4.69. The number of aromatic hydroxyl groups is 2. The van der Waals surface area contributed by atoms with Gasteiger partial charge in [-0.25, -0.2) is 0 Å². The molecule has 0 atom stereocenters. The quantitative estimate of drug-likeness (QED) is 0.0844. The van der Waals surface area contributed by atoms with Crippen molar-refractivity contribution in [2.45, 2.75) is 133 Å². The van der Waals surface area contributed by atoms with Crippen LogP contribution in [0.15, 0.2) is 198 Å². The second kappa shape index (κ2) is 36.4. The van der Waals surface area contributed by atoms with E-state index < -0.39 is 30.0 Å². The highest BCUT2D eigenvalue weighted by atomic mass is 32.2. The van der Waals surface area contributed by atoms with E-state index in [1.165, 1.54) is 12.1 Å². The summed E-state index contributed by atoms with van der Waals surface area (Å²) in [5, 5.41) is 39.8. The number of hydrogen-bond acceptors (Lipinski definition) is 12. The van der Waals surface area contributed by atoms with E-state index in [0.29, 0.717) is 57.1 Å². The molecule has 10 rings (SSSR count). The minimum Gasteiger partial charge on any atom is -0.505 e. The first-order valence-corrected chi connectivity index (χ1v) is 30.5. The van der Waals surface area contributed by atoms with Gasteiger partial charge in [0.05, 0.1) is 34.2 Å². The molecule has 0 unspecified atom stereocenters. The summed E-state index contributed by atoms with van der Waals surface area (Å²) in [5.41, 5.74) is 6.85. The van der Waals surface area contributed by atoms with Crippen LogP contribution in [-0.2, 0) is 33.1 Å². The predicted molar refractivity (Wildman–Crippen MR) is 336 cm³/mol. The molecule has 0 spiro atoms. The lowest BCUT2D eigenvalue weighted by atomic mass is 9.97. The first kappa shape index (κ1) is 70.3. The largest absolute Gasteiger partial charge is 0.505 e. The third kappa shape index (κ3) is 18.1. The molecule has 0 bridgehead atoms. The smallest absolute Gasteiger partial charge is 0.296 e. The highest BCUT2D eigenvalue weighted by Crippen LogP contribution is 2.48. The molecule has 0 saturated heterocycles. The van der Waals surface area contributed by atoms with Gasteiger partial charge >= 0.3 is 0 Å². The number of aliphatic imine (C=N–C) groups is 2. The summed E-state index contributed by atoms with van der Waals surface area (Å²) in [6, 6.07) is 46.3. The van der Waals surface area contributed by atoms with Gasteiger partial charge in [-0.15, -0.1) is 10.2 Å². The van der Waals surface area contributed by atoms with Gasteiger partial charge in [0.15, 0.2) is 11.5 Å². The Labute approximate surface area is 476 Å². The van der Waals surface area contributed by atoms with Crippen molar-refractivity contribution in [3.8, 4) is 11.5 Å². The van der Waals surface area contributed by atoms with Gasteiger partial charge in [-0.2, -0.15) is 27.1 Å². The lowest BCUT2D eigenvalue weighted by Crippen LogP contribution is -2.02. The molecule has 2 aliphatic rings. The molecule has 8 aromatic rings. The van der Waals surface area contributed by atoms with E-state index in [-0.39, 0.29) is 22.9 Å². The fraction of sp³-hybridized carbons (Fsp3) is 0.281. The molecule has 2 heterocycles. The van der Waals surface area contributed by atoms with Crippen molar-refractivity contribution >= 4 is 87.3 Å². The normalized spacial score (nSPS) is 11.4. The Morgan fingerprint density at radius 1 is 0.388 bits per heavy atom. The summed E-state index contributed by atoms with van der Waals surface area (Å²) < 4.78 is 68.1. The van der Waals surface area contributed by atoms with Crippen molar-refractivity contribution in [3.05, 3.63) is 180 Å². The zero-order valence-electron chi connectivity index (χ0n) is 49.3. The van der Waals surface area contributed by atoms with Crippen LogP contribution in [0, 0.1) is 0 Å². The molecule has 0 aliphatic carbocycles. The Hall–Kier alpha value is -7.76. The number of phenolic OH excluding ortho intramolecular Hbond substituents is 2. The van der Waals surface area contributed by atoms with Crippen LogP contribution in [0.4, 0.5) is 34.1 Å². The van der Waals surface area contributed by atoms with Crippen LogP contribution >= 0.6 is 0 Å². The Kier molecular flexibility index (Phi) is 32.0. The number of hydrogen-bond donors (Lipinski definition) is 4. The molecule has 0 amide bonds. The fourth-order valence-electron chi connectivity index (χ4n) is 7.63. The average Bonchev–Trinajstić information content (AvgIpc) is 4.35. The maximum absolute atomic E-state index is 12.2. The van der Waals surface area contributed by atoms with Crippen LogP contribution in [0.3, 0.4) is 0 Å². The Morgan fingerprint density at radius 2 is 0.738 bits per heavy atom. The summed E-state index contributed by atoms with van der Waals surface area (Å²) in [6.45, 7) is 32.0. The van der Waals surface area contributed by atoms with Crippen molar-refractivity contribution in [1.82, 2.24) is 0 Å². The Bertz CT molecular complexity index is 3500. The van der Waals surface area contributed by atoms with Gasteiger partial charge in [-0.05, 0) is 87.6 Å². The minimum absolute atomic E-state index is 0.314. The maximum atomic E-state index is 12.2. The van der Waals surface area contributed by atoms with Crippen LogP contribution in [0.1, 0.15) is 133 Å². The molecule has 16 heteroatoms.